The number of nitrogens with one attached hydrogen (secondary N) is 1. The van der Waals surface area contributed by atoms with Crippen LogP contribution in [-0.2, 0) is 5.41 Å². The molecule has 56 heavy (non-hydrogen) atoms. The SMILES string of the molecule is C1=C(c2ccccc2)N=C(c2cccc(-c3ccc4c(c3)C3(c5ccccc5-4)c4ccccc4N(c4ccccc4)c4ccccc43)c2)NC1c1ccccc1. The average molecular weight is 716 g/mol. The number of anilines is 3. The highest BCUT2D eigenvalue weighted by atomic mass is 15.2. The summed E-state index contributed by atoms with van der Waals surface area (Å²) in [5.41, 5.74) is 17.4. The molecule has 2 aliphatic heterocycles. The van der Waals surface area contributed by atoms with E-state index < -0.39 is 5.41 Å². The number of fused-ring (bicyclic) bond motifs is 9. The van der Waals surface area contributed by atoms with Crippen LogP contribution in [0.1, 0.15) is 45.0 Å². The van der Waals surface area contributed by atoms with Crippen molar-refractivity contribution in [2.75, 3.05) is 4.90 Å². The fourth-order valence-corrected chi connectivity index (χ4v) is 9.28. The summed E-state index contributed by atoms with van der Waals surface area (Å²) in [6.07, 6.45) is 2.23. The van der Waals surface area contributed by atoms with Crippen LogP contribution in [0.3, 0.4) is 0 Å². The largest absolute Gasteiger partial charge is 0.359 e. The molecule has 8 aromatic carbocycles. The predicted octanol–water partition coefficient (Wildman–Crippen LogP) is 12.6. The second-order valence-electron chi connectivity index (χ2n) is 14.8. The van der Waals surface area contributed by atoms with Gasteiger partial charge in [0, 0.05) is 11.3 Å². The molecule has 3 heteroatoms. The Morgan fingerprint density at radius 1 is 0.429 bits per heavy atom. The molecule has 2 heterocycles. The first-order chi connectivity index (χ1) is 27.8. The summed E-state index contributed by atoms with van der Waals surface area (Å²) in [5.74, 6) is 0.864. The number of nitrogens with zero attached hydrogens (tertiary/aromatic N) is 2. The van der Waals surface area contributed by atoms with Gasteiger partial charge in [-0.1, -0.05) is 170 Å². The third-order valence-corrected chi connectivity index (χ3v) is 11.7. The molecule has 0 fully saturated rings. The Hall–Kier alpha value is -7.23. The summed E-state index contributed by atoms with van der Waals surface area (Å²) < 4.78 is 0. The number of aliphatic imine (C=N–C) groups is 1. The van der Waals surface area contributed by atoms with E-state index in [1.54, 1.807) is 0 Å². The van der Waals surface area contributed by atoms with E-state index in [0.717, 1.165) is 33.9 Å². The van der Waals surface area contributed by atoms with Crippen molar-refractivity contribution in [3.05, 3.63) is 251 Å². The van der Waals surface area contributed by atoms with E-state index in [1.807, 2.05) is 0 Å². The average Bonchev–Trinajstić information content (AvgIpc) is 3.57. The molecule has 8 aromatic rings. The van der Waals surface area contributed by atoms with Gasteiger partial charge in [0.2, 0.25) is 0 Å². The summed E-state index contributed by atoms with van der Waals surface area (Å²) >= 11 is 0. The molecule has 264 valence electrons. The van der Waals surface area contributed by atoms with E-state index in [-0.39, 0.29) is 6.04 Å². The van der Waals surface area contributed by atoms with Gasteiger partial charge in [0.1, 0.15) is 5.84 Å². The predicted molar refractivity (Wildman–Crippen MR) is 231 cm³/mol. The Labute approximate surface area is 327 Å². The van der Waals surface area contributed by atoms with Crippen LogP contribution in [0.5, 0.6) is 0 Å². The lowest BCUT2D eigenvalue weighted by Gasteiger charge is -2.45. The highest BCUT2D eigenvalue weighted by Gasteiger charge is 2.51. The zero-order valence-corrected chi connectivity index (χ0v) is 30.7. The summed E-state index contributed by atoms with van der Waals surface area (Å²) in [6.45, 7) is 0. The van der Waals surface area contributed by atoms with Crippen molar-refractivity contribution in [3.8, 4) is 22.3 Å². The summed E-state index contributed by atoms with van der Waals surface area (Å²) in [6, 6.07) is 74.8. The highest BCUT2D eigenvalue weighted by molar-refractivity contribution is 6.04. The van der Waals surface area contributed by atoms with Gasteiger partial charge >= 0.3 is 0 Å². The summed E-state index contributed by atoms with van der Waals surface area (Å²) in [4.78, 5) is 7.66. The van der Waals surface area contributed by atoms with Crippen LogP contribution in [0.4, 0.5) is 17.1 Å². The lowest BCUT2D eigenvalue weighted by Crippen LogP contribution is -2.36. The van der Waals surface area contributed by atoms with E-state index in [2.05, 4.69) is 223 Å². The fraction of sp³-hybridized carbons (Fsp3) is 0.0377. The molecule has 3 nitrogen and oxygen atoms in total. The number of para-hydroxylation sites is 3. The van der Waals surface area contributed by atoms with Crippen LogP contribution in [0, 0.1) is 0 Å². The molecule has 0 amide bonds. The minimum absolute atomic E-state index is 0.0113. The third-order valence-electron chi connectivity index (χ3n) is 11.7. The second kappa shape index (κ2) is 13.0. The van der Waals surface area contributed by atoms with Crippen molar-refractivity contribution in [1.29, 1.82) is 0 Å². The molecule has 3 aliphatic rings. The molecule has 1 spiro atoms. The molecular weight excluding hydrogens is 679 g/mol. The molecule has 0 saturated heterocycles. The van der Waals surface area contributed by atoms with Crippen LogP contribution >= 0.6 is 0 Å². The Balaban J connectivity index is 1.08. The highest BCUT2D eigenvalue weighted by Crippen LogP contribution is 2.63. The molecular formula is C53H37N3. The molecule has 11 rings (SSSR count). The van der Waals surface area contributed by atoms with Crippen molar-refractivity contribution >= 4 is 28.6 Å². The van der Waals surface area contributed by atoms with Crippen LogP contribution < -0.4 is 10.2 Å². The molecule has 1 atom stereocenters. The Kier molecular flexibility index (Phi) is 7.46. The van der Waals surface area contributed by atoms with Crippen molar-refractivity contribution in [2.24, 2.45) is 4.99 Å². The normalized spacial score (nSPS) is 15.8. The zero-order valence-electron chi connectivity index (χ0n) is 30.7. The third kappa shape index (κ3) is 4.94. The van der Waals surface area contributed by atoms with Gasteiger partial charge in [-0.2, -0.15) is 0 Å². The molecule has 1 unspecified atom stereocenters. The van der Waals surface area contributed by atoms with Crippen LogP contribution in [0.15, 0.2) is 217 Å². The quantitative estimate of drug-likeness (QED) is 0.192. The van der Waals surface area contributed by atoms with E-state index in [0.29, 0.717) is 0 Å². The van der Waals surface area contributed by atoms with Crippen molar-refractivity contribution in [3.63, 3.8) is 0 Å². The lowest BCUT2D eigenvalue weighted by atomic mass is 9.64. The molecule has 1 N–H and O–H groups in total. The topological polar surface area (TPSA) is 27.6 Å². The Morgan fingerprint density at radius 3 is 1.71 bits per heavy atom. The van der Waals surface area contributed by atoms with Gasteiger partial charge in [0.05, 0.1) is 28.5 Å². The standard InChI is InChI=1S/C53H37N3/c1-4-17-36(18-5-1)48-35-49(37-19-6-2-7-20-37)55-52(54-48)40-22-16-21-38(33-40)39-31-32-43-42-25-10-11-26-44(42)53(47(43)34-39)45-27-12-14-29-50(45)56(41-23-8-3-9-24-41)51-30-15-13-28-46(51)53/h1-35,48H,(H,54,55). The first-order valence-electron chi connectivity index (χ1n) is 19.3. The van der Waals surface area contributed by atoms with Gasteiger partial charge < -0.3 is 10.2 Å². The summed E-state index contributed by atoms with van der Waals surface area (Å²) in [7, 11) is 0. The minimum atomic E-state index is -0.509. The molecule has 0 radical (unpaired) electrons. The molecule has 0 bridgehead atoms. The van der Waals surface area contributed by atoms with Gasteiger partial charge in [0.15, 0.2) is 0 Å². The first-order valence-corrected chi connectivity index (χ1v) is 19.3. The number of amidine groups is 1. The van der Waals surface area contributed by atoms with Crippen molar-refractivity contribution in [1.82, 2.24) is 5.32 Å². The molecule has 0 saturated carbocycles. The number of hydrogen-bond acceptors (Lipinski definition) is 3. The number of rotatable bonds is 5. The minimum Gasteiger partial charge on any atom is -0.359 e. The zero-order chi connectivity index (χ0) is 37.1. The smallest absolute Gasteiger partial charge is 0.134 e. The molecule has 1 aliphatic carbocycles. The van der Waals surface area contributed by atoms with Crippen LogP contribution in [0.2, 0.25) is 0 Å². The molecule has 0 aromatic heterocycles. The van der Waals surface area contributed by atoms with E-state index in [9.17, 15) is 0 Å². The van der Waals surface area contributed by atoms with Crippen LogP contribution in [0.25, 0.3) is 28.0 Å². The van der Waals surface area contributed by atoms with E-state index in [1.165, 1.54) is 55.9 Å². The monoisotopic (exact) mass is 715 g/mol. The van der Waals surface area contributed by atoms with Gasteiger partial charge in [-0.25, -0.2) is 4.99 Å². The first kappa shape index (κ1) is 32.2. The lowest BCUT2D eigenvalue weighted by molar-refractivity contribution is 0.753. The number of hydrogen-bond donors (Lipinski definition) is 1. The van der Waals surface area contributed by atoms with E-state index >= 15 is 0 Å². The second-order valence-corrected chi connectivity index (χ2v) is 14.8. The fourth-order valence-electron chi connectivity index (χ4n) is 9.28. The van der Waals surface area contributed by atoms with Crippen LogP contribution in [-0.4, -0.2) is 5.84 Å². The van der Waals surface area contributed by atoms with Crippen molar-refractivity contribution in [2.45, 2.75) is 11.5 Å². The maximum atomic E-state index is 5.23. The van der Waals surface area contributed by atoms with Gasteiger partial charge in [-0.3, -0.25) is 0 Å². The summed E-state index contributed by atoms with van der Waals surface area (Å²) in [5, 5.41) is 3.77. The van der Waals surface area contributed by atoms with Gasteiger partial charge in [0.25, 0.3) is 0 Å². The Bertz CT molecular complexity index is 2790. The maximum Gasteiger partial charge on any atom is 0.134 e. The number of benzene rings is 8. The van der Waals surface area contributed by atoms with Crippen molar-refractivity contribution < 1.29 is 0 Å². The van der Waals surface area contributed by atoms with Gasteiger partial charge in [-0.15, -0.1) is 0 Å². The van der Waals surface area contributed by atoms with E-state index in [4.69, 9.17) is 4.99 Å². The van der Waals surface area contributed by atoms with Gasteiger partial charge in [-0.05, 0) is 98.1 Å². The maximum absolute atomic E-state index is 5.23. The Morgan fingerprint density at radius 2 is 0.982 bits per heavy atom.